The van der Waals surface area contributed by atoms with Crippen molar-refractivity contribution in [2.45, 2.75) is 112 Å². The van der Waals surface area contributed by atoms with Crippen LogP contribution in [0, 0.1) is 17.5 Å². The molecule has 26 nitrogen and oxygen atoms in total. The summed E-state index contributed by atoms with van der Waals surface area (Å²) in [4.78, 5) is 112. The van der Waals surface area contributed by atoms with Crippen LogP contribution in [0.25, 0.3) is 66.4 Å². The molecule has 577 valence electrons. The molecule has 0 saturated heterocycles. The number of fused-ring (bicyclic) bond motifs is 4. The highest BCUT2D eigenvalue weighted by atomic mass is 79.9. The number of ether oxygens (including phenoxy) is 8. The minimum Gasteiger partial charge on any atom is -0.535 e. The molecule has 1 radical (unpaired) electrons. The number of aromatic nitrogens is 8. The number of nitrogens with zero attached hydrogens (tertiary/aromatic N) is 6. The van der Waals surface area contributed by atoms with Crippen molar-refractivity contribution in [3.63, 3.8) is 0 Å². The summed E-state index contributed by atoms with van der Waals surface area (Å²) in [5.41, 5.74) is 5.48. The molecule has 0 spiro atoms. The van der Waals surface area contributed by atoms with Crippen molar-refractivity contribution >= 4 is 132 Å². The lowest BCUT2D eigenvalue weighted by Crippen LogP contribution is -2.29. The van der Waals surface area contributed by atoms with Crippen molar-refractivity contribution < 1.29 is 112 Å². The van der Waals surface area contributed by atoms with Crippen LogP contribution in [0.15, 0.2) is 162 Å². The number of hydrogen-bond acceptors (Lipinski definition) is 22. The molecule has 3 N–H and O–H groups in total. The second kappa shape index (κ2) is 38.9. The number of halogens is 8. The Morgan fingerprint density at radius 3 is 1.26 bits per heavy atom. The number of carbonyl (C=O) groups excluding carboxylic acids is 8. The average Bonchev–Trinajstić information content (AvgIpc) is 1.64. The molecule has 0 saturated carbocycles. The number of carbonyl (C=O) groups is 8. The van der Waals surface area contributed by atoms with E-state index in [2.05, 4.69) is 85.4 Å². The third-order valence-electron chi connectivity index (χ3n) is 13.1. The van der Waals surface area contributed by atoms with Crippen LogP contribution >= 0.6 is 31.9 Å². The van der Waals surface area contributed by atoms with Crippen LogP contribution in [0.4, 0.5) is 45.5 Å². The van der Waals surface area contributed by atoms with Gasteiger partial charge in [-0.15, -0.1) is 0 Å². The summed E-state index contributed by atoms with van der Waals surface area (Å²) in [5.74, 6) is -3.85. The number of methoxy groups -OCH3 is 3. The smallest absolute Gasteiger partial charge is 0.535 e. The van der Waals surface area contributed by atoms with Gasteiger partial charge in [-0.1, -0.05) is 12.1 Å². The standard InChI is InChI=1S/C20H19FN2O4.C15H11FN2O2.C12H13BrN2O2.C10H18O5.C8H7BFO4.C7H5BrN2.C2HF3O/c1-20(2,3)27-19(25)23-11-14(17-16(23)6-5-9-22-17)13-8-7-12(10-15(13)21)18(24)26-4;1-20-15(19)9-4-5-10(12(16)7-9)11-8-18-13-3-2-6-17-14(11)13;1-12(2,3)17-11(16)15-7-8(13)10-9(15)5-4-6-14-10;1-9(2,3)14-7(11)13-8(12)15-10(4,5)6;1-13-8(11)5-2-3-7(14-9-12)6(10)4-5;8-5-4-10-6-2-1-3-9-7(5)6;3-2(4,5)1-6/h5-11H,1-4H3;2-8,18H,1H3;4-7H,1-3H3;1-6H3;2-4,12H,1H3;1-4,10H;1H. The molecule has 0 atom stereocenters. The molecule has 0 aliphatic rings. The van der Waals surface area contributed by atoms with Gasteiger partial charge >= 0.3 is 56.3 Å². The molecule has 109 heavy (non-hydrogen) atoms. The molecule has 0 aliphatic carbocycles. The monoisotopic (exact) mass is 1650 g/mol. The Bertz CT molecular complexity index is 4990. The summed E-state index contributed by atoms with van der Waals surface area (Å²) in [6, 6.07) is 26.4. The highest BCUT2D eigenvalue weighted by Gasteiger charge is 2.28. The Morgan fingerprint density at radius 1 is 0.468 bits per heavy atom. The maximum atomic E-state index is 14.7. The second-order valence-electron chi connectivity index (χ2n) is 26.0. The lowest BCUT2D eigenvalue weighted by molar-refractivity contribution is -0.156. The number of nitrogens with one attached hydrogen (secondary N) is 2. The third kappa shape index (κ3) is 27.4. The van der Waals surface area contributed by atoms with Crippen LogP contribution in [0.2, 0.25) is 0 Å². The molecule has 11 aromatic rings. The Balaban J connectivity index is 0.000000236. The number of aromatic amines is 2. The van der Waals surface area contributed by atoms with Crippen molar-refractivity contribution in [3.05, 3.63) is 196 Å². The van der Waals surface area contributed by atoms with Crippen LogP contribution < -0.4 is 4.65 Å². The molecular formula is C74H74BBr2F6N8O18. The van der Waals surface area contributed by atoms with Crippen LogP contribution in [0.5, 0.6) is 5.75 Å². The van der Waals surface area contributed by atoms with Gasteiger partial charge in [0.2, 0.25) is 6.29 Å². The number of H-pyrrole nitrogens is 2. The summed E-state index contributed by atoms with van der Waals surface area (Å²) < 4.78 is 120. The highest BCUT2D eigenvalue weighted by Crippen LogP contribution is 2.34. The Hall–Kier alpha value is -11.5. The first kappa shape index (κ1) is 88.2. The van der Waals surface area contributed by atoms with E-state index in [-0.39, 0.29) is 28.0 Å². The van der Waals surface area contributed by atoms with Gasteiger partial charge in [0.05, 0.1) is 80.1 Å². The summed E-state index contributed by atoms with van der Waals surface area (Å²) in [6.07, 6.45) is 4.62. The van der Waals surface area contributed by atoms with E-state index in [1.54, 1.807) is 130 Å². The SMILES string of the molecule is Brc1c[nH]c2cccnc12.CC(C)(C)OC(=O)OC(=O)OC(C)(C)C.CC(C)(C)OC(=O)n1cc(Br)c2ncccc21.COC(=O)c1ccc(-c2c[nH]c3cccnc23)c(F)c1.COC(=O)c1ccc(-c2cn(C(=O)OC(C)(C)C)c3cccnc23)c(F)c1.COC(=O)c1ccc(O[B]O)c(F)c1.O=CC(F)(F)F. The van der Waals surface area contributed by atoms with Gasteiger partial charge in [0, 0.05) is 71.8 Å². The number of aldehydes is 1. The normalized spacial score (nSPS) is 11.0. The van der Waals surface area contributed by atoms with Crippen LogP contribution in [0.1, 0.15) is 114 Å². The maximum Gasteiger partial charge on any atom is 0.569 e. The number of rotatable bonds is 7. The van der Waals surface area contributed by atoms with Crippen molar-refractivity contribution in [2.75, 3.05) is 21.3 Å². The first-order valence-corrected chi connectivity index (χ1v) is 33.5. The van der Waals surface area contributed by atoms with Crippen molar-refractivity contribution in [1.82, 2.24) is 39.0 Å². The lowest BCUT2D eigenvalue weighted by atomic mass is 10.0. The van der Waals surface area contributed by atoms with Gasteiger partial charge in [0.15, 0.2) is 5.82 Å². The third-order valence-corrected chi connectivity index (χ3v) is 14.2. The van der Waals surface area contributed by atoms with Crippen LogP contribution in [-0.4, -0.2) is 150 Å². The summed E-state index contributed by atoms with van der Waals surface area (Å²) in [6.45, 7) is 20.8. The molecule has 0 amide bonds. The fourth-order valence-corrected chi connectivity index (χ4v) is 9.69. The van der Waals surface area contributed by atoms with Gasteiger partial charge in [-0.3, -0.25) is 29.3 Å². The number of benzene rings is 3. The van der Waals surface area contributed by atoms with Crippen molar-refractivity contribution in [3.8, 4) is 28.0 Å². The molecule has 0 fully saturated rings. The molecular weight excluding hydrogens is 1570 g/mol. The Morgan fingerprint density at radius 2 is 0.844 bits per heavy atom. The van der Waals surface area contributed by atoms with E-state index in [0.717, 1.165) is 48.7 Å². The van der Waals surface area contributed by atoms with Gasteiger partial charge < -0.3 is 57.5 Å². The second-order valence-corrected chi connectivity index (χ2v) is 27.7. The van der Waals surface area contributed by atoms with E-state index in [9.17, 15) is 59.9 Å². The van der Waals surface area contributed by atoms with E-state index in [4.69, 9.17) is 28.8 Å². The quantitative estimate of drug-likeness (QED) is 0.0333. The fraction of sp³-hybridized carbons (Fsp3) is 0.270. The van der Waals surface area contributed by atoms with Crippen LogP contribution in [0.3, 0.4) is 0 Å². The highest BCUT2D eigenvalue weighted by molar-refractivity contribution is 9.11. The van der Waals surface area contributed by atoms with Crippen molar-refractivity contribution in [2.24, 2.45) is 0 Å². The summed E-state index contributed by atoms with van der Waals surface area (Å²) in [5, 5.41) is 8.26. The molecule has 3 aromatic carbocycles. The van der Waals surface area contributed by atoms with Gasteiger partial charge in [-0.25, -0.2) is 51.3 Å². The summed E-state index contributed by atoms with van der Waals surface area (Å²) >= 11 is 6.75. The first-order valence-electron chi connectivity index (χ1n) is 31.9. The first-order chi connectivity index (χ1) is 50.9. The number of alkyl halides is 3. The Labute approximate surface area is 637 Å². The molecule has 8 aromatic heterocycles. The zero-order valence-electron chi connectivity index (χ0n) is 61.2. The Kier molecular flexibility index (Phi) is 31.5. The largest absolute Gasteiger partial charge is 0.569 e. The van der Waals surface area contributed by atoms with E-state index >= 15 is 0 Å². The van der Waals surface area contributed by atoms with E-state index < -0.39 is 94.7 Å². The van der Waals surface area contributed by atoms with E-state index in [1.165, 1.54) is 73.1 Å². The number of hydrogen-bond donors (Lipinski definition) is 3. The summed E-state index contributed by atoms with van der Waals surface area (Å²) in [7, 11) is 4.05. The molecule has 0 unspecified atom stereocenters. The zero-order valence-corrected chi connectivity index (χ0v) is 64.4. The number of pyridine rings is 4. The lowest BCUT2D eigenvalue weighted by Gasteiger charge is -2.20. The molecule has 0 bridgehead atoms. The zero-order chi connectivity index (χ0) is 81.5. The van der Waals surface area contributed by atoms with Crippen LogP contribution in [-0.2, 0) is 42.7 Å². The molecule has 8 heterocycles. The minimum absolute atomic E-state index is 0.0790. The van der Waals surface area contributed by atoms with Gasteiger partial charge in [0.25, 0.3) is 0 Å². The predicted octanol–water partition coefficient (Wildman–Crippen LogP) is 17.6. The number of esters is 3. The van der Waals surface area contributed by atoms with E-state index in [0.29, 0.717) is 40.9 Å². The van der Waals surface area contributed by atoms with Gasteiger partial charge in [-0.2, -0.15) is 13.2 Å². The van der Waals surface area contributed by atoms with Gasteiger partial charge in [0.1, 0.15) is 50.8 Å². The molecule has 35 heteroatoms. The topological polar surface area (TPSA) is 333 Å². The fourth-order valence-electron chi connectivity index (χ4n) is 8.75. The average molecular weight is 1650 g/mol. The van der Waals surface area contributed by atoms with Gasteiger partial charge in [-0.05, 0) is 206 Å². The van der Waals surface area contributed by atoms with E-state index in [1.807, 2.05) is 51.2 Å². The maximum absolute atomic E-state index is 14.7. The van der Waals surface area contributed by atoms with Crippen molar-refractivity contribution in [1.29, 1.82) is 0 Å². The predicted molar refractivity (Wildman–Crippen MR) is 396 cm³/mol. The molecule has 0 aliphatic heterocycles. The minimum atomic E-state index is -4.64. The molecule has 11 rings (SSSR count).